The molecule has 1 aromatic carbocycles. The molecule has 7 nitrogen and oxygen atoms in total. The second-order valence-corrected chi connectivity index (χ2v) is 5.27. The minimum absolute atomic E-state index is 0.00791. The fraction of sp³-hybridized carbons (Fsp3) is 0.333. The molecule has 20 heavy (non-hydrogen) atoms. The highest BCUT2D eigenvalue weighted by molar-refractivity contribution is 7.99. The van der Waals surface area contributed by atoms with Crippen molar-refractivity contribution in [1.29, 1.82) is 0 Å². The first-order valence-electron chi connectivity index (χ1n) is 6.15. The van der Waals surface area contributed by atoms with Crippen molar-refractivity contribution < 1.29 is 4.79 Å². The van der Waals surface area contributed by atoms with Crippen LogP contribution in [-0.2, 0) is 11.8 Å². The smallest absolute Gasteiger partial charge is 0.224 e. The highest BCUT2D eigenvalue weighted by Gasteiger charge is 2.05. The molecule has 106 valence electrons. The minimum atomic E-state index is -0.00791. The second kappa shape index (κ2) is 6.90. The number of aromatic nitrogens is 4. The van der Waals surface area contributed by atoms with E-state index in [2.05, 4.69) is 20.8 Å². The van der Waals surface area contributed by atoms with Gasteiger partial charge in [-0.2, -0.15) is 0 Å². The molecule has 1 heterocycles. The zero-order chi connectivity index (χ0) is 14.4. The molecule has 0 fully saturated rings. The predicted molar refractivity (Wildman–Crippen MR) is 78.2 cm³/mol. The number of carbonyl (C=O) groups excluding carboxylic acids is 1. The first kappa shape index (κ1) is 14.3. The maximum atomic E-state index is 11.7. The molecule has 0 saturated carbocycles. The Bertz CT molecular complexity index is 568. The topological polar surface area (TPSA) is 98.7 Å². The number of aryl methyl sites for hydroxylation is 1. The lowest BCUT2D eigenvalue weighted by Gasteiger charge is -2.05. The summed E-state index contributed by atoms with van der Waals surface area (Å²) in [6, 6.07) is 7.08. The number of hydrogen-bond acceptors (Lipinski definition) is 6. The Balaban J connectivity index is 1.68. The van der Waals surface area contributed by atoms with E-state index in [-0.39, 0.29) is 5.91 Å². The Kier molecular flexibility index (Phi) is 4.94. The summed E-state index contributed by atoms with van der Waals surface area (Å²) in [6.07, 6.45) is 1.22. The van der Waals surface area contributed by atoms with Crippen molar-refractivity contribution in [2.45, 2.75) is 18.0 Å². The maximum absolute atomic E-state index is 11.7. The first-order chi connectivity index (χ1) is 9.65. The van der Waals surface area contributed by atoms with Crippen molar-refractivity contribution in [3.63, 3.8) is 0 Å². The molecule has 2 rings (SSSR count). The SMILES string of the molecule is Cn1nnnc1SCCCC(=O)Nc1ccc(N)cc1. The molecule has 0 saturated heterocycles. The average Bonchev–Trinajstić information content (AvgIpc) is 2.83. The predicted octanol–water partition coefficient (Wildman–Crippen LogP) is 1.30. The quantitative estimate of drug-likeness (QED) is 0.473. The van der Waals surface area contributed by atoms with Gasteiger partial charge in [-0.3, -0.25) is 4.79 Å². The molecular formula is C12H16N6OS. The lowest BCUT2D eigenvalue weighted by atomic mass is 10.2. The number of rotatable bonds is 6. The molecule has 1 aromatic heterocycles. The van der Waals surface area contributed by atoms with E-state index in [9.17, 15) is 4.79 Å². The number of hydrogen-bond donors (Lipinski definition) is 2. The fourth-order valence-corrected chi connectivity index (χ4v) is 2.32. The molecule has 8 heteroatoms. The summed E-state index contributed by atoms with van der Waals surface area (Å²) in [5, 5.41) is 14.7. The summed E-state index contributed by atoms with van der Waals surface area (Å²) in [7, 11) is 1.79. The normalized spacial score (nSPS) is 10.4. The van der Waals surface area contributed by atoms with Crippen LogP contribution in [0.4, 0.5) is 11.4 Å². The monoisotopic (exact) mass is 292 g/mol. The van der Waals surface area contributed by atoms with Crippen molar-refractivity contribution in [2.24, 2.45) is 7.05 Å². The number of anilines is 2. The van der Waals surface area contributed by atoms with Crippen LogP contribution in [0.1, 0.15) is 12.8 Å². The molecule has 2 aromatic rings. The summed E-state index contributed by atoms with van der Waals surface area (Å²) in [5.41, 5.74) is 7.02. The maximum Gasteiger partial charge on any atom is 0.224 e. The third kappa shape index (κ3) is 4.23. The molecule has 0 radical (unpaired) electrons. The first-order valence-corrected chi connectivity index (χ1v) is 7.14. The van der Waals surface area contributed by atoms with E-state index in [1.807, 2.05) is 0 Å². The van der Waals surface area contributed by atoms with Crippen LogP contribution in [-0.4, -0.2) is 31.9 Å². The number of nitrogens with one attached hydrogen (secondary N) is 1. The van der Waals surface area contributed by atoms with Gasteiger partial charge in [-0.25, -0.2) is 4.68 Å². The Morgan fingerprint density at radius 1 is 1.40 bits per heavy atom. The zero-order valence-electron chi connectivity index (χ0n) is 11.1. The van der Waals surface area contributed by atoms with Gasteiger partial charge in [-0.1, -0.05) is 11.8 Å². The van der Waals surface area contributed by atoms with Crippen LogP contribution in [0, 0.1) is 0 Å². The molecule has 0 atom stereocenters. The fourth-order valence-electron chi connectivity index (χ4n) is 1.53. The second-order valence-electron chi connectivity index (χ2n) is 4.21. The van der Waals surface area contributed by atoms with Crippen molar-refractivity contribution in [1.82, 2.24) is 20.2 Å². The largest absolute Gasteiger partial charge is 0.399 e. The number of benzene rings is 1. The van der Waals surface area contributed by atoms with Gasteiger partial charge in [0.2, 0.25) is 11.1 Å². The van der Waals surface area contributed by atoms with Gasteiger partial charge in [0.25, 0.3) is 0 Å². The standard InChI is InChI=1S/C12H16N6OS/c1-18-12(15-16-17-18)20-8-2-3-11(19)14-10-6-4-9(13)5-7-10/h4-7H,2-3,8,13H2,1H3,(H,14,19). The van der Waals surface area contributed by atoms with E-state index in [0.29, 0.717) is 12.1 Å². The number of carbonyl (C=O) groups is 1. The molecule has 0 unspecified atom stereocenters. The van der Waals surface area contributed by atoms with Gasteiger partial charge >= 0.3 is 0 Å². The molecular weight excluding hydrogens is 276 g/mol. The lowest BCUT2D eigenvalue weighted by Crippen LogP contribution is -2.11. The van der Waals surface area contributed by atoms with E-state index in [1.165, 1.54) is 11.8 Å². The van der Waals surface area contributed by atoms with Gasteiger partial charge in [0, 0.05) is 30.6 Å². The number of thioether (sulfide) groups is 1. The van der Waals surface area contributed by atoms with Crippen molar-refractivity contribution >= 4 is 29.0 Å². The van der Waals surface area contributed by atoms with Crippen molar-refractivity contribution in [2.75, 3.05) is 16.8 Å². The minimum Gasteiger partial charge on any atom is -0.399 e. The van der Waals surface area contributed by atoms with Gasteiger partial charge in [-0.15, -0.1) is 5.10 Å². The van der Waals surface area contributed by atoms with Crippen LogP contribution < -0.4 is 11.1 Å². The number of amides is 1. The summed E-state index contributed by atoms with van der Waals surface area (Å²) >= 11 is 1.53. The number of tetrazole rings is 1. The number of nitrogens with zero attached hydrogens (tertiary/aromatic N) is 4. The van der Waals surface area contributed by atoms with Gasteiger partial charge in [0.15, 0.2) is 0 Å². The summed E-state index contributed by atoms with van der Waals surface area (Å²) < 4.78 is 1.61. The lowest BCUT2D eigenvalue weighted by molar-refractivity contribution is -0.116. The van der Waals surface area contributed by atoms with Crippen molar-refractivity contribution in [3.8, 4) is 0 Å². The molecule has 0 aliphatic rings. The third-order valence-electron chi connectivity index (χ3n) is 2.56. The highest BCUT2D eigenvalue weighted by Crippen LogP contribution is 2.15. The van der Waals surface area contributed by atoms with Crippen LogP contribution in [0.15, 0.2) is 29.4 Å². The molecule has 3 N–H and O–H groups in total. The summed E-state index contributed by atoms with van der Waals surface area (Å²) in [6.45, 7) is 0. The van der Waals surface area contributed by atoms with E-state index in [1.54, 1.807) is 36.0 Å². The zero-order valence-corrected chi connectivity index (χ0v) is 11.9. The van der Waals surface area contributed by atoms with E-state index in [4.69, 9.17) is 5.73 Å². The van der Waals surface area contributed by atoms with Crippen LogP contribution in [0.3, 0.4) is 0 Å². The Morgan fingerprint density at radius 2 is 2.15 bits per heavy atom. The Labute approximate surface area is 120 Å². The van der Waals surface area contributed by atoms with Gasteiger partial charge < -0.3 is 11.1 Å². The molecule has 0 spiro atoms. The van der Waals surface area contributed by atoms with E-state index in [0.717, 1.165) is 23.0 Å². The number of nitrogens with two attached hydrogens (primary N) is 1. The van der Waals surface area contributed by atoms with Gasteiger partial charge in [0.1, 0.15) is 0 Å². The van der Waals surface area contributed by atoms with E-state index >= 15 is 0 Å². The molecule has 0 bridgehead atoms. The molecule has 0 aliphatic heterocycles. The van der Waals surface area contributed by atoms with Crippen LogP contribution in [0.2, 0.25) is 0 Å². The van der Waals surface area contributed by atoms with Crippen molar-refractivity contribution in [3.05, 3.63) is 24.3 Å². The molecule has 1 amide bonds. The highest BCUT2D eigenvalue weighted by atomic mass is 32.2. The number of nitrogen functional groups attached to an aromatic ring is 1. The average molecular weight is 292 g/mol. The van der Waals surface area contributed by atoms with E-state index < -0.39 is 0 Å². The van der Waals surface area contributed by atoms with Crippen LogP contribution in [0.25, 0.3) is 0 Å². The Hall–Kier alpha value is -2.09. The van der Waals surface area contributed by atoms with Crippen LogP contribution >= 0.6 is 11.8 Å². The molecule has 0 aliphatic carbocycles. The van der Waals surface area contributed by atoms with Crippen LogP contribution in [0.5, 0.6) is 0 Å². The van der Waals surface area contributed by atoms with Gasteiger partial charge in [0.05, 0.1) is 0 Å². The summed E-state index contributed by atoms with van der Waals surface area (Å²) in [4.78, 5) is 11.7. The van der Waals surface area contributed by atoms with Gasteiger partial charge in [-0.05, 0) is 41.1 Å². The third-order valence-corrected chi connectivity index (χ3v) is 3.65. The summed E-state index contributed by atoms with van der Waals surface area (Å²) in [5.74, 6) is 0.787. The Morgan fingerprint density at radius 3 is 2.80 bits per heavy atom.